The highest BCUT2D eigenvalue weighted by Gasteiger charge is 2.29. The van der Waals surface area contributed by atoms with Crippen molar-refractivity contribution in [3.05, 3.63) is 35.9 Å². The summed E-state index contributed by atoms with van der Waals surface area (Å²) in [4.78, 5) is 2.72. The summed E-state index contributed by atoms with van der Waals surface area (Å²) in [5, 5.41) is 3.73. The molecule has 0 aliphatic heterocycles. The van der Waals surface area contributed by atoms with E-state index in [1.807, 2.05) is 0 Å². The fourth-order valence-electron chi connectivity index (χ4n) is 3.02. The SMILES string of the molecule is CCCNC(CCN(CC(C)C)C1CC1)c1ccccc1. The van der Waals surface area contributed by atoms with E-state index in [0.29, 0.717) is 6.04 Å². The fraction of sp³-hybridized carbons (Fsp3) is 0.684. The Morgan fingerprint density at radius 1 is 1.19 bits per heavy atom. The average molecular weight is 288 g/mol. The lowest BCUT2D eigenvalue weighted by Gasteiger charge is -2.27. The third kappa shape index (κ3) is 5.80. The van der Waals surface area contributed by atoms with Crippen LogP contribution < -0.4 is 5.32 Å². The zero-order valence-corrected chi connectivity index (χ0v) is 14.0. The first kappa shape index (κ1) is 16.5. The molecule has 1 atom stereocenters. The van der Waals surface area contributed by atoms with Crippen molar-refractivity contribution in [1.82, 2.24) is 10.2 Å². The quantitative estimate of drug-likeness (QED) is 0.693. The predicted octanol–water partition coefficient (Wildman–Crippen LogP) is 4.24. The minimum atomic E-state index is 0.500. The fourth-order valence-corrected chi connectivity index (χ4v) is 3.02. The number of benzene rings is 1. The van der Waals surface area contributed by atoms with Crippen molar-refractivity contribution >= 4 is 0 Å². The standard InChI is InChI=1S/C19H32N2/c1-4-13-20-19(17-8-6-5-7-9-17)12-14-21(15-16(2)3)18-10-11-18/h5-9,16,18-20H,4,10-15H2,1-3H3. The van der Waals surface area contributed by atoms with Gasteiger partial charge in [-0.25, -0.2) is 0 Å². The molecule has 0 spiro atoms. The Bertz CT molecular complexity index is 384. The average Bonchev–Trinajstić information content (AvgIpc) is 3.31. The molecule has 21 heavy (non-hydrogen) atoms. The molecule has 1 aromatic carbocycles. The predicted molar refractivity (Wildman–Crippen MR) is 91.5 cm³/mol. The highest BCUT2D eigenvalue weighted by Crippen LogP contribution is 2.29. The van der Waals surface area contributed by atoms with Gasteiger partial charge >= 0.3 is 0 Å². The van der Waals surface area contributed by atoms with Crippen molar-refractivity contribution in [2.45, 2.75) is 58.5 Å². The molecule has 0 amide bonds. The van der Waals surface area contributed by atoms with Gasteiger partial charge < -0.3 is 10.2 Å². The number of rotatable bonds is 10. The molecule has 0 saturated heterocycles. The van der Waals surface area contributed by atoms with Gasteiger partial charge in [0.1, 0.15) is 0 Å². The van der Waals surface area contributed by atoms with Crippen molar-refractivity contribution < 1.29 is 0 Å². The van der Waals surface area contributed by atoms with E-state index >= 15 is 0 Å². The van der Waals surface area contributed by atoms with Gasteiger partial charge in [-0.05, 0) is 43.7 Å². The maximum Gasteiger partial charge on any atom is 0.0332 e. The summed E-state index contributed by atoms with van der Waals surface area (Å²) >= 11 is 0. The smallest absolute Gasteiger partial charge is 0.0332 e. The summed E-state index contributed by atoms with van der Waals surface area (Å²) in [6, 6.07) is 12.3. The van der Waals surface area contributed by atoms with E-state index in [9.17, 15) is 0 Å². The summed E-state index contributed by atoms with van der Waals surface area (Å²) in [7, 11) is 0. The van der Waals surface area contributed by atoms with E-state index < -0.39 is 0 Å². The van der Waals surface area contributed by atoms with Crippen LogP contribution in [0.3, 0.4) is 0 Å². The van der Waals surface area contributed by atoms with Gasteiger partial charge in [0.25, 0.3) is 0 Å². The molecule has 1 aliphatic rings. The van der Waals surface area contributed by atoms with Crippen LogP contribution in [-0.4, -0.2) is 30.6 Å². The third-order valence-corrected chi connectivity index (χ3v) is 4.21. The molecule has 0 bridgehead atoms. The van der Waals surface area contributed by atoms with Gasteiger partial charge in [0.2, 0.25) is 0 Å². The van der Waals surface area contributed by atoms with Crippen LogP contribution in [0.4, 0.5) is 0 Å². The van der Waals surface area contributed by atoms with Crippen LogP contribution in [0.15, 0.2) is 30.3 Å². The monoisotopic (exact) mass is 288 g/mol. The van der Waals surface area contributed by atoms with Crippen LogP contribution in [0.1, 0.15) is 58.1 Å². The van der Waals surface area contributed by atoms with E-state index in [4.69, 9.17) is 0 Å². The Kier molecular flexibility index (Phi) is 6.72. The van der Waals surface area contributed by atoms with E-state index in [0.717, 1.165) is 18.5 Å². The molecule has 1 aromatic rings. The molecular weight excluding hydrogens is 256 g/mol. The summed E-state index contributed by atoms with van der Waals surface area (Å²) in [6.45, 7) is 10.5. The molecular formula is C19H32N2. The van der Waals surface area contributed by atoms with E-state index in [1.165, 1.54) is 44.3 Å². The van der Waals surface area contributed by atoms with Crippen molar-refractivity contribution in [2.75, 3.05) is 19.6 Å². The second-order valence-corrected chi connectivity index (χ2v) is 6.83. The van der Waals surface area contributed by atoms with Crippen molar-refractivity contribution in [1.29, 1.82) is 0 Å². The maximum atomic E-state index is 3.73. The van der Waals surface area contributed by atoms with Gasteiger partial charge in [0.15, 0.2) is 0 Å². The first-order valence-electron chi connectivity index (χ1n) is 8.73. The largest absolute Gasteiger partial charge is 0.310 e. The second-order valence-electron chi connectivity index (χ2n) is 6.83. The second kappa shape index (κ2) is 8.55. The zero-order chi connectivity index (χ0) is 15.1. The van der Waals surface area contributed by atoms with Gasteiger partial charge in [0.05, 0.1) is 0 Å². The summed E-state index contributed by atoms with van der Waals surface area (Å²) in [5.74, 6) is 0.768. The summed E-state index contributed by atoms with van der Waals surface area (Å²) in [6.07, 6.45) is 5.23. The molecule has 118 valence electrons. The molecule has 1 unspecified atom stereocenters. The van der Waals surface area contributed by atoms with Crippen LogP contribution in [0.2, 0.25) is 0 Å². The van der Waals surface area contributed by atoms with Crippen LogP contribution >= 0.6 is 0 Å². The van der Waals surface area contributed by atoms with Gasteiger partial charge in [-0.15, -0.1) is 0 Å². The molecule has 1 aliphatic carbocycles. The molecule has 1 fully saturated rings. The zero-order valence-electron chi connectivity index (χ0n) is 14.0. The van der Waals surface area contributed by atoms with E-state index in [1.54, 1.807) is 0 Å². The minimum Gasteiger partial charge on any atom is -0.310 e. The lowest BCUT2D eigenvalue weighted by molar-refractivity contribution is 0.221. The Balaban J connectivity index is 1.91. The van der Waals surface area contributed by atoms with Gasteiger partial charge in [-0.1, -0.05) is 51.1 Å². The number of hydrogen-bond acceptors (Lipinski definition) is 2. The number of nitrogens with one attached hydrogen (secondary N) is 1. The highest BCUT2D eigenvalue weighted by molar-refractivity contribution is 5.18. The Labute approximate surface area is 130 Å². The van der Waals surface area contributed by atoms with Crippen LogP contribution in [0, 0.1) is 5.92 Å². The van der Waals surface area contributed by atoms with Crippen molar-refractivity contribution in [2.24, 2.45) is 5.92 Å². The van der Waals surface area contributed by atoms with Crippen molar-refractivity contribution in [3.63, 3.8) is 0 Å². The number of hydrogen-bond donors (Lipinski definition) is 1. The normalized spacial score (nSPS) is 16.6. The van der Waals surface area contributed by atoms with Crippen molar-refractivity contribution in [3.8, 4) is 0 Å². The molecule has 0 radical (unpaired) electrons. The maximum absolute atomic E-state index is 3.73. The van der Waals surface area contributed by atoms with Gasteiger partial charge in [-0.2, -0.15) is 0 Å². The lowest BCUT2D eigenvalue weighted by Crippen LogP contribution is -2.34. The topological polar surface area (TPSA) is 15.3 Å². The molecule has 2 rings (SSSR count). The summed E-state index contributed by atoms with van der Waals surface area (Å²) in [5.41, 5.74) is 1.44. The third-order valence-electron chi connectivity index (χ3n) is 4.21. The Morgan fingerprint density at radius 3 is 2.48 bits per heavy atom. The molecule has 0 heterocycles. The first-order chi connectivity index (χ1) is 10.2. The number of nitrogens with zero attached hydrogens (tertiary/aromatic N) is 1. The Hall–Kier alpha value is -0.860. The van der Waals surface area contributed by atoms with Gasteiger partial charge in [-0.3, -0.25) is 0 Å². The first-order valence-corrected chi connectivity index (χ1v) is 8.73. The molecule has 0 aromatic heterocycles. The van der Waals surface area contributed by atoms with Crippen LogP contribution in [-0.2, 0) is 0 Å². The highest BCUT2D eigenvalue weighted by atomic mass is 15.2. The van der Waals surface area contributed by atoms with E-state index in [2.05, 4.69) is 61.3 Å². The molecule has 2 nitrogen and oxygen atoms in total. The molecule has 2 heteroatoms. The summed E-state index contributed by atoms with van der Waals surface area (Å²) < 4.78 is 0. The Morgan fingerprint density at radius 2 is 1.90 bits per heavy atom. The molecule has 1 N–H and O–H groups in total. The van der Waals surface area contributed by atoms with Gasteiger partial charge in [0, 0.05) is 25.2 Å². The molecule has 1 saturated carbocycles. The van der Waals surface area contributed by atoms with Crippen LogP contribution in [0.5, 0.6) is 0 Å². The lowest BCUT2D eigenvalue weighted by atomic mass is 10.0. The van der Waals surface area contributed by atoms with Crippen LogP contribution in [0.25, 0.3) is 0 Å². The van der Waals surface area contributed by atoms with E-state index in [-0.39, 0.29) is 0 Å². The minimum absolute atomic E-state index is 0.500.